The minimum absolute atomic E-state index is 0.120. The number of amides is 1. The van der Waals surface area contributed by atoms with E-state index in [-0.39, 0.29) is 35.8 Å². The normalized spacial score (nSPS) is 12.2. The third-order valence-electron chi connectivity index (χ3n) is 3.29. The first-order valence-electron chi connectivity index (χ1n) is 7.04. The Morgan fingerprint density at radius 2 is 1.95 bits per heavy atom. The van der Waals surface area contributed by atoms with Gasteiger partial charge in [-0.15, -0.1) is 0 Å². The molecule has 5 nitrogen and oxygen atoms in total. The fraction of sp³-hybridized carbons (Fsp3) is 0.312. The maximum Gasteiger partial charge on any atom is 0.267 e. The van der Waals surface area contributed by atoms with E-state index in [0.717, 1.165) is 10.2 Å². The van der Waals surface area contributed by atoms with Gasteiger partial charge in [-0.05, 0) is 29.7 Å². The molecule has 1 atom stereocenters. The summed E-state index contributed by atoms with van der Waals surface area (Å²) in [6.07, 6.45) is 1.45. The predicted octanol–water partition coefficient (Wildman–Crippen LogP) is 1.90. The number of carbonyl (C=O) groups excluding carboxylic acids is 1. The smallest absolute Gasteiger partial charge is 0.267 e. The van der Waals surface area contributed by atoms with Gasteiger partial charge in [0.05, 0.1) is 6.04 Å². The van der Waals surface area contributed by atoms with Crippen LogP contribution in [-0.2, 0) is 11.3 Å². The molecule has 2 aromatic rings. The Kier molecular flexibility index (Phi) is 5.04. The Morgan fingerprint density at radius 3 is 2.55 bits per heavy atom. The van der Waals surface area contributed by atoms with Gasteiger partial charge in [0.25, 0.3) is 5.56 Å². The molecule has 0 aliphatic carbocycles. The minimum atomic E-state index is -0.333. The van der Waals surface area contributed by atoms with Crippen molar-refractivity contribution in [1.29, 1.82) is 0 Å². The molecule has 0 radical (unpaired) electrons. The minimum Gasteiger partial charge on any atom is -0.347 e. The second-order valence-corrected chi connectivity index (χ2v) is 5.36. The molecule has 1 heterocycles. The molecule has 1 aromatic carbocycles. The molecule has 22 heavy (non-hydrogen) atoms. The average Bonchev–Trinajstić information content (AvgIpc) is 2.48. The van der Waals surface area contributed by atoms with E-state index >= 15 is 0 Å². The molecular formula is C16H18FN3O2. The van der Waals surface area contributed by atoms with E-state index in [9.17, 15) is 14.0 Å². The zero-order chi connectivity index (χ0) is 16.1. The second-order valence-electron chi connectivity index (χ2n) is 5.36. The number of nitrogens with one attached hydrogen (secondary N) is 1. The lowest BCUT2D eigenvalue weighted by molar-refractivity contribution is -0.123. The highest BCUT2D eigenvalue weighted by Crippen LogP contribution is 2.21. The molecule has 116 valence electrons. The molecule has 0 fully saturated rings. The van der Waals surface area contributed by atoms with Crippen LogP contribution in [0.5, 0.6) is 0 Å². The molecule has 0 spiro atoms. The van der Waals surface area contributed by atoms with Crippen molar-refractivity contribution in [2.24, 2.45) is 5.92 Å². The third kappa shape index (κ3) is 4.00. The molecule has 0 aliphatic heterocycles. The first-order chi connectivity index (χ1) is 10.5. The summed E-state index contributed by atoms with van der Waals surface area (Å²) in [7, 11) is 0. The monoisotopic (exact) mass is 303 g/mol. The highest BCUT2D eigenvalue weighted by Gasteiger charge is 2.18. The molecule has 1 N–H and O–H groups in total. The van der Waals surface area contributed by atoms with Gasteiger partial charge >= 0.3 is 0 Å². The largest absolute Gasteiger partial charge is 0.347 e. The van der Waals surface area contributed by atoms with Gasteiger partial charge in [-0.25, -0.2) is 9.07 Å². The van der Waals surface area contributed by atoms with E-state index in [1.807, 2.05) is 13.8 Å². The fourth-order valence-electron chi connectivity index (χ4n) is 2.17. The van der Waals surface area contributed by atoms with Crippen LogP contribution in [0.2, 0.25) is 0 Å². The summed E-state index contributed by atoms with van der Waals surface area (Å²) in [6, 6.07) is 8.63. The number of aromatic nitrogens is 2. The SMILES string of the molecule is CC(C)[C@@H](NC(=O)Cn1ncccc1=O)c1ccc(F)cc1. The van der Waals surface area contributed by atoms with Crippen LogP contribution in [0.4, 0.5) is 4.39 Å². The van der Waals surface area contributed by atoms with Crippen LogP contribution in [0.3, 0.4) is 0 Å². The first-order valence-corrected chi connectivity index (χ1v) is 7.04. The van der Waals surface area contributed by atoms with E-state index in [1.54, 1.807) is 12.1 Å². The third-order valence-corrected chi connectivity index (χ3v) is 3.29. The molecule has 0 aliphatic rings. The molecule has 6 heteroatoms. The number of benzene rings is 1. The van der Waals surface area contributed by atoms with Crippen molar-refractivity contribution in [3.63, 3.8) is 0 Å². The lowest BCUT2D eigenvalue weighted by atomic mass is 9.96. The number of hydrogen-bond donors (Lipinski definition) is 1. The summed E-state index contributed by atoms with van der Waals surface area (Å²) in [6.45, 7) is 3.77. The van der Waals surface area contributed by atoms with Gasteiger partial charge in [-0.1, -0.05) is 26.0 Å². The van der Waals surface area contributed by atoms with Crippen molar-refractivity contribution in [3.05, 3.63) is 64.3 Å². The molecular weight excluding hydrogens is 285 g/mol. The van der Waals surface area contributed by atoms with E-state index in [2.05, 4.69) is 10.4 Å². The Morgan fingerprint density at radius 1 is 1.27 bits per heavy atom. The van der Waals surface area contributed by atoms with E-state index in [0.29, 0.717) is 0 Å². The number of rotatable bonds is 5. The number of hydrogen-bond acceptors (Lipinski definition) is 3. The molecule has 0 unspecified atom stereocenters. The summed E-state index contributed by atoms with van der Waals surface area (Å²) in [5.74, 6) is -0.517. The number of halogens is 1. The predicted molar refractivity (Wildman–Crippen MR) is 80.6 cm³/mol. The Labute approximate surface area is 127 Å². The molecule has 2 rings (SSSR count). The van der Waals surface area contributed by atoms with E-state index < -0.39 is 0 Å². The van der Waals surface area contributed by atoms with Gasteiger partial charge in [0.1, 0.15) is 12.4 Å². The van der Waals surface area contributed by atoms with E-state index in [4.69, 9.17) is 0 Å². The maximum atomic E-state index is 13.0. The summed E-state index contributed by atoms with van der Waals surface area (Å²) < 4.78 is 14.1. The van der Waals surface area contributed by atoms with Crippen LogP contribution in [-0.4, -0.2) is 15.7 Å². The van der Waals surface area contributed by atoms with Crippen LogP contribution in [0.1, 0.15) is 25.5 Å². The lowest BCUT2D eigenvalue weighted by Crippen LogP contribution is -2.37. The van der Waals surface area contributed by atoms with Gasteiger partial charge in [-0.2, -0.15) is 5.10 Å². The summed E-state index contributed by atoms with van der Waals surface area (Å²) in [5, 5.41) is 6.72. The Bertz CT molecular complexity index is 695. The van der Waals surface area contributed by atoms with Crippen LogP contribution >= 0.6 is 0 Å². The van der Waals surface area contributed by atoms with Crippen LogP contribution in [0.15, 0.2) is 47.4 Å². The Balaban J connectivity index is 2.11. The van der Waals surface area contributed by atoms with Crippen LogP contribution < -0.4 is 10.9 Å². The highest BCUT2D eigenvalue weighted by atomic mass is 19.1. The quantitative estimate of drug-likeness (QED) is 0.917. The van der Waals surface area contributed by atoms with Gasteiger partial charge in [-0.3, -0.25) is 9.59 Å². The van der Waals surface area contributed by atoms with Crippen LogP contribution in [0, 0.1) is 11.7 Å². The van der Waals surface area contributed by atoms with Gasteiger partial charge < -0.3 is 5.32 Å². The van der Waals surface area contributed by atoms with Crippen LogP contribution in [0.25, 0.3) is 0 Å². The summed E-state index contributed by atoms with van der Waals surface area (Å²) in [5.41, 5.74) is 0.485. The van der Waals surface area contributed by atoms with Crippen molar-refractivity contribution in [3.8, 4) is 0 Å². The summed E-state index contributed by atoms with van der Waals surface area (Å²) in [4.78, 5) is 23.7. The lowest BCUT2D eigenvalue weighted by Gasteiger charge is -2.23. The van der Waals surface area contributed by atoms with Crippen molar-refractivity contribution >= 4 is 5.91 Å². The zero-order valence-electron chi connectivity index (χ0n) is 12.5. The highest BCUT2D eigenvalue weighted by molar-refractivity contribution is 5.76. The zero-order valence-corrected chi connectivity index (χ0v) is 12.5. The molecule has 1 aromatic heterocycles. The summed E-state index contributed by atoms with van der Waals surface area (Å²) >= 11 is 0. The van der Waals surface area contributed by atoms with Gasteiger partial charge in [0.15, 0.2) is 0 Å². The average molecular weight is 303 g/mol. The van der Waals surface area contributed by atoms with Gasteiger partial charge in [0, 0.05) is 12.3 Å². The Hall–Kier alpha value is -2.50. The fourth-order valence-corrected chi connectivity index (χ4v) is 2.17. The first kappa shape index (κ1) is 15.9. The van der Waals surface area contributed by atoms with E-state index in [1.165, 1.54) is 30.5 Å². The number of nitrogens with zero attached hydrogens (tertiary/aromatic N) is 2. The van der Waals surface area contributed by atoms with Crippen molar-refractivity contribution in [1.82, 2.24) is 15.1 Å². The van der Waals surface area contributed by atoms with Crippen molar-refractivity contribution in [2.75, 3.05) is 0 Å². The standard InChI is InChI=1S/C16H18FN3O2/c1-11(2)16(12-5-7-13(17)8-6-12)19-14(21)10-20-15(22)4-3-9-18-20/h3-9,11,16H,10H2,1-2H3,(H,19,21)/t16-/m1/s1. The second kappa shape index (κ2) is 6.98. The number of carbonyl (C=O) groups is 1. The van der Waals surface area contributed by atoms with Crippen molar-refractivity contribution < 1.29 is 9.18 Å². The molecule has 0 bridgehead atoms. The van der Waals surface area contributed by atoms with Gasteiger partial charge in [0.2, 0.25) is 5.91 Å². The molecule has 0 saturated carbocycles. The molecule has 1 amide bonds. The van der Waals surface area contributed by atoms with Crippen molar-refractivity contribution in [2.45, 2.75) is 26.4 Å². The maximum absolute atomic E-state index is 13.0. The molecule has 0 saturated heterocycles. The topological polar surface area (TPSA) is 64.0 Å².